The number of esters is 1. The van der Waals surface area contributed by atoms with E-state index >= 15 is 0 Å². The topological polar surface area (TPSA) is 219 Å². The molecule has 0 amide bonds. The van der Waals surface area contributed by atoms with Crippen LogP contribution >= 0.6 is 19.3 Å². The van der Waals surface area contributed by atoms with E-state index in [1.54, 1.807) is 6.92 Å². The van der Waals surface area contributed by atoms with Gasteiger partial charge in [-0.25, -0.2) is 18.0 Å². The number of nitrogens with one attached hydrogen (secondary N) is 3. The highest BCUT2D eigenvalue weighted by atomic mass is 35.5. The molecule has 2 fully saturated rings. The Hall–Kier alpha value is -3.79. The van der Waals surface area contributed by atoms with Crippen molar-refractivity contribution in [1.82, 2.24) is 29.7 Å². The molecule has 1 saturated heterocycles. The third-order valence-corrected chi connectivity index (χ3v) is 11.7. The molecule has 0 radical (unpaired) electrons. The standard InChI is InChI=1S/C32H38ClF3N7O10PS/c1-4-43(41-55(3,48)49)27-24-26(38-39-27)42(18-37-24)28-30(2,46)25(44)23(52-28)17-51-54(47,53-21-12-10-20(33)11-13-21)40-31(14-7-15-31)29(45)50-16-19-8-5-6-9-22(19)32(34,35)36/h5-6,8-13,18,23,25,28,41,44,46H,4,7,14-17H2,1-3H3,(H,38,39)(H,40,47)/t23?,25-,28?,30-,54?/m1/s1. The lowest BCUT2D eigenvalue weighted by molar-refractivity contribution is -0.157. The number of fused-ring (bicyclic) bond motifs is 1. The van der Waals surface area contributed by atoms with E-state index in [-0.39, 0.29) is 47.7 Å². The third kappa shape index (κ3) is 8.64. The molecule has 1 saturated carbocycles. The fraction of sp³-hybridized carbons (Fsp3) is 0.469. The molecule has 0 bridgehead atoms. The number of H-pyrrole nitrogens is 1. The van der Waals surface area contributed by atoms with Crippen LogP contribution in [0.25, 0.3) is 11.2 Å². The van der Waals surface area contributed by atoms with E-state index in [1.165, 1.54) is 65.3 Å². The lowest BCUT2D eigenvalue weighted by Gasteiger charge is -2.41. The predicted molar refractivity (Wildman–Crippen MR) is 190 cm³/mol. The molecular formula is C32H38ClF3N7O10PS. The molecule has 300 valence electrons. The van der Waals surface area contributed by atoms with Gasteiger partial charge in [-0.05, 0) is 63.4 Å². The maximum absolute atomic E-state index is 14.5. The lowest BCUT2D eigenvalue weighted by Crippen LogP contribution is -2.57. The van der Waals surface area contributed by atoms with Crippen molar-refractivity contribution in [2.24, 2.45) is 0 Å². The normalized spacial score (nSPS) is 23.6. The number of hydrogen-bond acceptors (Lipinski definition) is 13. The van der Waals surface area contributed by atoms with Gasteiger partial charge in [-0.3, -0.25) is 24.0 Å². The van der Waals surface area contributed by atoms with E-state index in [1.807, 2.05) is 0 Å². The maximum Gasteiger partial charge on any atom is 0.459 e. The lowest BCUT2D eigenvalue weighted by atomic mass is 9.78. The van der Waals surface area contributed by atoms with E-state index in [9.17, 15) is 41.2 Å². The Labute approximate surface area is 317 Å². The van der Waals surface area contributed by atoms with Crippen molar-refractivity contribution in [1.29, 1.82) is 0 Å². The van der Waals surface area contributed by atoms with Gasteiger partial charge < -0.3 is 24.2 Å². The van der Waals surface area contributed by atoms with Gasteiger partial charge in [-0.2, -0.15) is 23.4 Å². The summed E-state index contributed by atoms with van der Waals surface area (Å²) in [5, 5.41) is 33.9. The fourth-order valence-corrected chi connectivity index (χ4v) is 8.73. The summed E-state index contributed by atoms with van der Waals surface area (Å²) in [5.41, 5.74) is -4.63. The summed E-state index contributed by atoms with van der Waals surface area (Å²) in [4.78, 5) is 20.1. The summed E-state index contributed by atoms with van der Waals surface area (Å²) in [6.45, 7) is 1.75. The molecule has 2 aromatic heterocycles. The number of ether oxygens (including phenoxy) is 2. The van der Waals surface area contributed by atoms with Crippen molar-refractivity contribution in [2.45, 2.75) is 75.5 Å². The number of aromatic nitrogens is 4. The number of alkyl halides is 3. The Morgan fingerprint density at radius 3 is 2.53 bits per heavy atom. The number of hydrazine groups is 1. The summed E-state index contributed by atoms with van der Waals surface area (Å²) < 4.78 is 103. The van der Waals surface area contributed by atoms with Crippen molar-refractivity contribution in [2.75, 3.05) is 24.4 Å². The molecular weight excluding hydrogens is 798 g/mol. The summed E-state index contributed by atoms with van der Waals surface area (Å²) in [6, 6.07) is 10.3. The van der Waals surface area contributed by atoms with E-state index in [0.717, 1.165) is 12.3 Å². The average molecular weight is 836 g/mol. The van der Waals surface area contributed by atoms with Gasteiger partial charge in [0.05, 0.1) is 24.8 Å². The average Bonchev–Trinajstić information content (AvgIpc) is 3.76. The van der Waals surface area contributed by atoms with Crippen LogP contribution in [0.2, 0.25) is 5.02 Å². The van der Waals surface area contributed by atoms with E-state index in [2.05, 4.69) is 25.1 Å². The van der Waals surface area contributed by atoms with Crippen molar-refractivity contribution in [3.63, 3.8) is 0 Å². The highest BCUT2D eigenvalue weighted by Crippen LogP contribution is 2.52. The minimum Gasteiger partial charge on any atom is -0.459 e. The van der Waals surface area contributed by atoms with Gasteiger partial charge in [0.25, 0.3) is 0 Å². The van der Waals surface area contributed by atoms with Gasteiger partial charge in [0, 0.05) is 17.1 Å². The zero-order valence-corrected chi connectivity index (χ0v) is 32.0. The Bertz CT molecular complexity index is 2180. The van der Waals surface area contributed by atoms with Gasteiger partial charge in [0.2, 0.25) is 10.0 Å². The minimum absolute atomic E-state index is 0.00145. The molecule has 5 N–H and O–H groups in total. The highest BCUT2D eigenvalue weighted by molar-refractivity contribution is 7.88. The summed E-state index contributed by atoms with van der Waals surface area (Å²) >= 11 is 6.01. The van der Waals surface area contributed by atoms with Crippen LogP contribution in [0.3, 0.4) is 0 Å². The summed E-state index contributed by atoms with van der Waals surface area (Å²) in [7, 11) is -8.32. The van der Waals surface area contributed by atoms with Gasteiger partial charge >= 0.3 is 19.9 Å². The molecule has 2 aromatic carbocycles. The van der Waals surface area contributed by atoms with Crippen LogP contribution in [0.1, 0.15) is 50.5 Å². The van der Waals surface area contributed by atoms with E-state index in [4.69, 9.17) is 30.1 Å². The minimum atomic E-state index is -4.69. The number of carbonyl (C=O) groups excluding carboxylic acids is 1. The molecule has 0 spiro atoms. The molecule has 6 rings (SSSR count). The molecule has 5 atom stereocenters. The summed E-state index contributed by atoms with van der Waals surface area (Å²) in [6.07, 6.45) is -6.24. The first kappa shape index (κ1) is 40.9. The quantitative estimate of drug-likeness (QED) is 0.0645. The number of rotatable bonds is 15. The SMILES string of the molecule is CCN(NS(C)(=O)=O)c1[nH]nc2c1ncn2C1OC(COP(=O)(NC2(C(=O)OCc3ccccc3C(F)(F)F)CCC2)Oc2ccc(Cl)cc2)[C@@H](O)[C@@]1(C)O. The number of nitrogens with zero attached hydrogens (tertiary/aromatic N) is 4. The smallest absolute Gasteiger partial charge is 0.459 e. The van der Waals surface area contributed by atoms with Gasteiger partial charge in [-0.1, -0.05) is 29.8 Å². The van der Waals surface area contributed by atoms with E-state index in [0.29, 0.717) is 11.4 Å². The number of imidazole rings is 1. The molecule has 4 aromatic rings. The zero-order chi connectivity index (χ0) is 40.0. The molecule has 55 heavy (non-hydrogen) atoms. The molecule has 1 aliphatic carbocycles. The van der Waals surface area contributed by atoms with E-state index < -0.39 is 78.3 Å². The second-order valence-corrected chi connectivity index (χ2v) is 17.1. The Morgan fingerprint density at radius 1 is 1.22 bits per heavy atom. The van der Waals surface area contributed by atoms with Crippen molar-refractivity contribution < 1.29 is 59.7 Å². The Morgan fingerprint density at radius 2 is 1.91 bits per heavy atom. The number of anilines is 1. The number of sulfonamides is 1. The molecule has 3 unspecified atom stereocenters. The number of aromatic amines is 1. The van der Waals surface area contributed by atoms with Gasteiger partial charge in [0.15, 0.2) is 23.2 Å². The molecule has 23 heteroatoms. The predicted octanol–water partition coefficient (Wildman–Crippen LogP) is 4.19. The first-order valence-corrected chi connectivity index (χ1v) is 20.6. The number of halogens is 4. The Balaban J connectivity index is 1.22. The number of carbonyl (C=O) groups is 1. The second-order valence-electron chi connectivity index (χ2n) is 13.3. The highest BCUT2D eigenvalue weighted by Gasteiger charge is 2.56. The van der Waals surface area contributed by atoms with Gasteiger partial charge in [-0.15, -0.1) is 4.83 Å². The first-order chi connectivity index (χ1) is 25.8. The fourth-order valence-electron chi connectivity index (χ4n) is 6.24. The molecule has 17 nitrogen and oxygen atoms in total. The number of benzene rings is 2. The zero-order valence-electron chi connectivity index (χ0n) is 29.5. The molecule has 2 aliphatic rings. The second kappa shape index (κ2) is 15.3. The van der Waals surface area contributed by atoms with Crippen molar-refractivity contribution in [3.8, 4) is 5.75 Å². The number of hydrogen-bond donors (Lipinski definition) is 5. The molecule has 3 heterocycles. The van der Waals surface area contributed by atoms with Crippen LogP contribution in [0, 0.1) is 0 Å². The third-order valence-electron chi connectivity index (χ3n) is 9.21. The van der Waals surface area contributed by atoms with Crippen LogP contribution in [-0.4, -0.2) is 87.1 Å². The van der Waals surface area contributed by atoms with Crippen LogP contribution in [0.5, 0.6) is 5.75 Å². The Kier molecular flexibility index (Phi) is 11.4. The largest absolute Gasteiger partial charge is 0.459 e. The van der Waals surface area contributed by atoms with Crippen molar-refractivity contribution in [3.05, 3.63) is 71.0 Å². The molecule has 1 aliphatic heterocycles. The van der Waals surface area contributed by atoms with Crippen LogP contribution in [0.15, 0.2) is 54.9 Å². The van der Waals surface area contributed by atoms with Crippen LogP contribution in [-0.2, 0) is 46.2 Å². The number of aliphatic hydroxyl groups excluding tert-OH is 1. The van der Waals surface area contributed by atoms with Gasteiger partial charge in [0.1, 0.15) is 35.7 Å². The monoisotopic (exact) mass is 835 g/mol. The maximum atomic E-state index is 14.5. The van der Waals surface area contributed by atoms with Crippen molar-refractivity contribution >= 4 is 52.3 Å². The van der Waals surface area contributed by atoms with Crippen LogP contribution in [0.4, 0.5) is 19.0 Å². The summed E-state index contributed by atoms with van der Waals surface area (Å²) in [5.74, 6) is -0.795. The van der Waals surface area contributed by atoms with Crippen LogP contribution < -0.4 is 19.5 Å². The first-order valence-electron chi connectivity index (χ1n) is 16.8. The number of aliphatic hydroxyl groups is 2.